The zero-order chi connectivity index (χ0) is 60.5. The Kier molecular flexibility index (Phi) is 14.0. The second-order valence-corrected chi connectivity index (χ2v) is 31.5. The van der Waals surface area contributed by atoms with Crippen LogP contribution >= 0.6 is 11.3 Å². The molecule has 9 aromatic carbocycles. The normalized spacial score (nSPS) is 13.7. The van der Waals surface area contributed by atoms with Crippen LogP contribution < -0.4 is 30.4 Å². The smallest absolute Gasteiger partial charge is 0.264 e. The van der Waals surface area contributed by atoms with Crippen LogP contribution in [0.2, 0.25) is 0 Å². The molecule has 12 rings (SSSR count). The van der Waals surface area contributed by atoms with Gasteiger partial charge < -0.3 is 14.7 Å². The standard InChI is InChI=1S/C80H86BN3S/c1-75(2,3)54-26-24-51(25-27-54)53-46-69-72-70(47-53)84(63-43-34-58(35-44-63)79(13,14)15)73-65-48-59(80(16,17)18)36-45-71(65)85-74(73)81(72)66-49-64(52-22-20-19-21-23-52)67(50-68(66)83(69)62-41-32-57(33-42-62)78(10,11)12)82(60-37-28-55(29-38-60)76(4,5)6)61-39-30-56(31-40-61)77(7,8)9/h19-50H,1-18H3. The van der Waals surface area contributed by atoms with Crippen LogP contribution in [0, 0.1) is 0 Å². The van der Waals surface area contributed by atoms with Gasteiger partial charge in [0, 0.05) is 60.2 Å². The Morgan fingerprint density at radius 3 is 1.22 bits per heavy atom. The van der Waals surface area contributed by atoms with Crippen molar-refractivity contribution in [2.45, 2.75) is 157 Å². The van der Waals surface area contributed by atoms with Crippen LogP contribution in [0.25, 0.3) is 32.3 Å². The average molecular weight is 1130 g/mol. The molecule has 5 heteroatoms. The summed E-state index contributed by atoms with van der Waals surface area (Å²) < 4.78 is 2.66. The molecule has 85 heavy (non-hydrogen) atoms. The van der Waals surface area contributed by atoms with Gasteiger partial charge in [-0.1, -0.05) is 240 Å². The molecule has 2 aliphatic rings. The third kappa shape index (κ3) is 10.6. The van der Waals surface area contributed by atoms with Gasteiger partial charge in [-0.2, -0.15) is 0 Å². The summed E-state index contributed by atoms with van der Waals surface area (Å²) in [5.74, 6) is 0. The van der Waals surface area contributed by atoms with Crippen molar-refractivity contribution in [2.75, 3.05) is 14.7 Å². The molecule has 0 aliphatic carbocycles. The summed E-state index contributed by atoms with van der Waals surface area (Å²) in [5, 5.41) is 1.30. The van der Waals surface area contributed by atoms with Gasteiger partial charge in [-0.3, -0.25) is 0 Å². The lowest BCUT2D eigenvalue weighted by atomic mass is 9.36. The Morgan fingerprint density at radius 2 is 0.765 bits per heavy atom. The Hall–Kier alpha value is -7.60. The number of thiophene rings is 1. The molecule has 0 atom stereocenters. The molecule has 0 saturated heterocycles. The van der Waals surface area contributed by atoms with Crippen molar-refractivity contribution >= 4 is 95.0 Å². The Bertz CT molecular complexity index is 4070. The van der Waals surface area contributed by atoms with Crippen LogP contribution in [0.1, 0.15) is 158 Å². The predicted octanol–water partition coefficient (Wildman–Crippen LogP) is 21.6. The first-order valence-electron chi connectivity index (χ1n) is 30.9. The quantitative estimate of drug-likeness (QED) is 0.147. The molecule has 0 spiro atoms. The van der Waals surface area contributed by atoms with Gasteiger partial charge in [0.05, 0.1) is 11.4 Å². The minimum absolute atomic E-state index is 0.00489. The maximum absolute atomic E-state index is 2.65. The lowest BCUT2D eigenvalue weighted by Crippen LogP contribution is -2.60. The van der Waals surface area contributed by atoms with Crippen LogP contribution in [0.15, 0.2) is 194 Å². The van der Waals surface area contributed by atoms with E-state index < -0.39 is 0 Å². The van der Waals surface area contributed by atoms with Gasteiger partial charge in [0.15, 0.2) is 0 Å². The topological polar surface area (TPSA) is 9.72 Å². The van der Waals surface area contributed by atoms with E-state index in [0.29, 0.717) is 0 Å². The highest BCUT2D eigenvalue weighted by Gasteiger charge is 2.47. The van der Waals surface area contributed by atoms with Gasteiger partial charge in [0.2, 0.25) is 0 Å². The van der Waals surface area contributed by atoms with E-state index in [4.69, 9.17) is 0 Å². The first-order chi connectivity index (χ1) is 39.9. The number of rotatable bonds is 7. The second kappa shape index (κ2) is 20.5. The molecular weight excluding hydrogens is 1050 g/mol. The first kappa shape index (κ1) is 57.8. The molecule has 0 amide bonds. The van der Waals surface area contributed by atoms with Crippen LogP contribution in [0.5, 0.6) is 0 Å². The summed E-state index contributed by atoms with van der Waals surface area (Å²) in [6.45, 7) is 41.6. The lowest BCUT2D eigenvalue weighted by Gasteiger charge is -2.44. The third-order valence-corrected chi connectivity index (χ3v) is 19.2. The molecule has 3 nitrogen and oxygen atoms in total. The summed E-state index contributed by atoms with van der Waals surface area (Å²) in [4.78, 5) is 7.81. The van der Waals surface area contributed by atoms with Gasteiger partial charge in [-0.25, -0.2) is 0 Å². The van der Waals surface area contributed by atoms with Crippen molar-refractivity contribution in [1.82, 2.24) is 0 Å². The largest absolute Gasteiger partial charge is 0.311 e. The molecule has 0 radical (unpaired) electrons. The van der Waals surface area contributed by atoms with E-state index in [-0.39, 0.29) is 39.2 Å². The van der Waals surface area contributed by atoms with Gasteiger partial charge in [0.25, 0.3) is 6.71 Å². The molecule has 0 unspecified atom stereocenters. The maximum atomic E-state index is 2.65. The minimum atomic E-state index is -0.111. The van der Waals surface area contributed by atoms with E-state index in [2.05, 4.69) is 333 Å². The van der Waals surface area contributed by atoms with Gasteiger partial charge >= 0.3 is 0 Å². The highest BCUT2D eigenvalue weighted by Crippen LogP contribution is 2.53. The fourth-order valence-corrected chi connectivity index (χ4v) is 14.1. The van der Waals surface area contributed by atoms with E-state index in [1.807, 2.05) is 11.3 Å². The predicted molar refractivity (Wildman–Crippen MR) is 374 cm³/mol. The van der Waals surface area contributed by atoms with Crippen molar-refractivity contribution in [3.8, 4) is 22.3 Å². The second-order valence-electron chi connectivity index (χ2n) is 30.5. The molecule has 0 N–H and O–H groups in total. The summed E-state index contributed by atoms with van der Waals surface area (Å²) in [7, 11) is 0. The van der Waals surface area contributed by atoms with E-state index in [1.165, 1.54) is 104 Å². The zero-order valence-corrected chi connectivity index (χ0v) is 54.6. The fraction of sp³-hybridized carbons (Fsp3) is 0.300. The number of hydrogen-bond acceptors (Lipinski definition) is 4. The minimum Gasteiger partial charge on any atom is -0.311 e. The monoisotopic (exact) mass is 1130 g/mol. The molecule has 10 aromatic rings. The van der Waals surface area contributed by atoms with E-state index in [9.17, 15) is 0 Å². The van der Waals surface area contributed by atoms with Crippen LogP contribution in [-0.2, 0) is 32.5 Å². The van der Waals surface area contributed by atoms with Crippen molar-refractivity contribution in [2.24, 2.45) is 0 Å². The molecule has 430 valence electrons. The summed E-state index contributed by atoms with van der Waals surface area (Å²) in [6.07, 6.45) is 0. The fourth-order valence-electron chi connectivity index (χ4n) is 12.8. The Balaban J connectivity index is 1.24. The summed E-state index contributed by atoms with van der Waals surface area (Å²) in [5.41, 5.74) is 25.6. The van der Waals surface area contributed by atoms with Gasteiger partial charge in [-0.15, -0.1) is 11.3 Å². The van der Waals surface area contributed by atoms with Crippen LogP contribution in [0.3, 0.4) is 0 Å². The Morgan fingerprint density at radius 1 is 0.353 bits per heavy atom. The van der Waals surface area contributed by atoms with Crippen molar-refractivity contribution < 1.29 is 0 Å². The van der Waals surface area contributed by atoms with Crippen molar-refractivity contribution in [3.63, 3.8) is 0 Å². The van der Waals surface area contributed by atoms with E-state index >= 15 is 0 Å². The highest BCUT2D eigenvalue weighted by molar-refractivity contribution is 7.33. The van der Waals surface area contributed by atoms with Crippen LogP contribution in [-0.4, -0.2) is 6.71 Å². The highest BCUT2D eigenvalue weighted by atomic mass is 32.1. The number of fused-ring (bicyclic) bond motifs is 6. The number of anilines is 9. The Labute approximate surface area is 513 Å². The average Bonchev–Trinajstić information content (AvgIpc) is 1.72. The molecule has 0 bridgehead atoms. The van der Waals surface area contributed by atoms with Crippen molar-refractivity contribution in [3.05, 3.63) is 228 Å². The first-order valence-corrected chi connectivity index (χ1v) is 31.7. The molecule has 0 saturated carbocycles. The summed E-state index contributed by atoms with van der Waals surface area (Å²) in [6, 6.07) is 75.7. The van der Waals surface area contributed by atoms with Crippen molar-refractivity contribution in [1.29, 1.82) is 0 Å². The molecule has 1 aromatic heterocycles. The lowest BCUT2D eigenvalue weighted by molar-refractivity contribution is 0.590. The molecule has 3 heterocycles. The number of benzene rings is 9. The van der Waals surface area contributed by atoms with E-state index in [0.717, 1.165) is 28.4 Å². The molecule has 0 fully saturated rings. The van der Waals surface area contributed by atoms with Gasteiger partial charge in [0.1, 0.15) is 0 Å². The summed E-state index contributed by atoms with van der Waals surface area (Å²) >= 11 is 1.98. The number of hydrogen-bond donors (Lipinski definition) is 0. The van der Waals surface area contributed by atoms with E-state index in [1.54, 1.807) is 0 Å². The SMILES string of the molecule is CC(C)(C)c1ccc(-c2cc3c4c(c2)N(c2ccc(C(C)(C)C)cc2)c2c(sc5ccc(C(C)(C)C)cc25)B4c2cc(-c4ccccc4)c(N(c4ccc(C(C)(C)C)cc4)c4ccc(C(C)(C)C)cc4)cc2N3c2ccc(C(C)(C)C)cc2)cc1. The number of nitrogens with zero attached hydrogens (tertiary/aromatic N) is 3. The third-order valence-electron chi connectivity index (χ3n) is 18.0. The molecular formula is C80H86BN3S. The van der Waals surface area contributed by atoms with Gasteiger partial charge in [-0.05, 0) is 172 Å². The zero-order valence-electron chi connectivity index (χ0n) is 53.8. The van der Waals surface area contributed by atoms with Crippen LogP contribution in [0.4, 0.5) is 51.2 Å². The maximum Gasteiger partial charge on any atom is 0.264 e. The molecule has 2 aliphatic heterocycles.